The molecule has 34 heavy (non-hydrogen) atoms. The third-order valence-electron chi connectivity index (χ3n) is 5.55. The predicted molar refractivity (Wildman–Crippen MR) is 132 cm³/mol. The Balaban J connectivity index is 2.13. The van der Waals surface area contributed by atoms with Gasteiger partial charge in [0, 0.05) is 17.1 Å². The van der Waals surface area contributed by atoms with Gasteiger partial charge in [0.2, 0.25) is 0 Å². The number of carbonyl (C=O) groups is 2. The van der Waals surface area contributed by atoms with Gasteiger partial charge in [-0.15, -0.1) is 0 Å². The number of carbonyl (C=O) groups excluding carboxylic acids is 2. The monoisotopic (exact) mass is 486 g/mol. The van der Waals surface area contributed by atoms with Gasteiger partial charge < -0.3 is 24.4 Å². The Kier molecular flexibility index (Phi) is 8.58. The summed E-state index contributed by atoms with van der Waals surface area (Å²) in [5.74, 6) is -0.482. The number of Topliss-reactive ketones (excluding diaryl/α,β-unsaturated/α-hetero) is 1. The second-order valence-corrected chi connectivity index (χ2v) is 8.66. The number of likely N-dealkylation sites (tertiary alicyclic amines) is 1. The number of hydrogen-bond donors (Lipinski definition) is 1. The molecule has 7 nitrogen and oxygen atoms in total. The van der Waals surface area contributed by atoms with Crippen LogP contribution in [0.3, 0.4) is 0 Å². The molecule has 1 fully saturated rings. The van der Waals surface area contributed by atoms with E-state index in [2.05, 4.69) is 0 Å². The average Bonchev–Trinajstić information content (AvgIpc) is 3.05. The standard InChI is InChI=1S/C26H31ClN2O5/c1-5-33-20-13-10-18(16-21(20)34-6-2)23-22(24(30)17-8-11-19(27)12-9-17)25(31)26(32)29(23)15-7-14-28(3)4/h8-13,16,23,30H,5-7,14-15H2,1-4H3/b24-22+/t23-/m1/s1. The van der Waals surface area contributed by atoms with E-state index in [4.69, 9.17) is 21.1 Å². The normalized spacial score (nSPS) is 17.5. The Hall–Kier alpha value is -3.03. The van der Waals surface area contributed by atoms with E-state index in [1.54, 1.807) is 42.5 Å². The first kappa shape index (κ1) is 25.6. The lowest BCUT2D eigenvalue weighted by atomic mass is 9.95. The van der Waals surface area contributed by atoms with Crippen molar-refractivity contribution in [2.24, 2.45) is 0 Å². The average molecular weight is 487 g/mol. The molecule has 1 amide bonds. The Morgan fingerprint density at radius 1 is 1.03 bits per heavy atom. The van der Waals surface area contributed by atoms with Crippen molar-refractivity contribution in [2.75, 3.05) is 40.4 Å². The molecular formula is C26H31ClN2O5. The maximum atomic E-state index is 13.2. The van der Waals surface area contributed by atoms with Gasteiger partial charge in [-0.2, -0.15) is 0 Å². The van der Waals surface area contributed by atoms with Gasteiger partial charge in [0.25, 0.3) is 11.7 Å². The lowest BCUT2D eigenvalue weighted by Gasteiger charge is -2.26. The highest BCUT2D eigenvalue weighted by molar-refractivity contribution is 6.46. The van der Waals surface area contributed by atoms with Crippen molar-refractivity contribution in [3.63, 3.8) is 0 Å². The molecule has 1 atom stereocenters. The zero-order valence-electron chi connectivity index (χ0n) is 20.0. The van der Waals surface area contributed by atoms with Crippen LogP contribution < -0.4 is 9.47 Å². The van der Waals surface area contributed by atoms with Crippen LogP contribution in [0.5, 0.6) is 11.5 Å². The predicted octanol–water partition coefficient (Wildman–Crippen LogP) is 4.51. The summed E-state index contributed by atoms with van der Waals surface area (Å²) < 4.78 is 11.4. The van der Waals surface area contributed by atoms with Crippen LogP contribution in [0.2, 0.25) is 5.02 Å². The molecule has 0 unspecified atom stereocenters. The minimum absolute atomic E-state index is 0.0452. The van der Waals surface area contributed by atoms with E-state index in [-0.39, 0.29) is 11.3 Å². The van der Waals surface area contributed by atoms with Crippen molar-refractivity contribution in [3.05, 3.63) is 64.2 Å². The van der Waals surface area contributed by atoms with Crippen molar-refractivity contribution < 1.29 is 24.2 Å². The molecule has 2 aromatic rings. The molecule has 0 radical (unpaired) electrons. The second kappa shape index (κ2) is 11.4. The van der Waals surface area contributed by atoms with Crippen molar-refractivity contribution in [2.45, 2.75) is 26.3 Å². The molecule has 0 aromatic heterocycles. The molecule has 0 saturated carbocycles. The molecular weight excluding hydrogens is 456 g/mol. The Bertz CT molecular complexity index is 1070. The molecule has 3 rings (SSSR count). The molecule has 0 spiro atoms. The highest BCUT2D eigenvalue weighted by atomic mass is 35.5. The number of rotatable bonds is 10. The molecule has 8 heteroatoms. The zero-order valence-corrected chi connectivity index (χ0v) is 20.8. The van der Waals surface area contributed by atoms with Gasteiger partial charge in [-0.25, -0.2) is 0 Å². The van der Waals surface area contributed by atoms with Gasteiger partial charge in [-0.05, 0) is 82.9 Å². The van der Waals surface area contributed by atoms with Crippen LogP contribution >= 0.6 is 11.6 Å². The first-order valence-corrected chi connectivity index (χ1v) is 11.7. The van der Waals surface area contributed by atoms with Crippen molar-refractivity contribution in [1.82, 2.24) is 9.80 Å². The van der Waals surface area contributed by atoms with Crippen LogP contribution in [0.1, 0.15) is 37.4 Å². The fourth-order valence-electron chi connectivity index (χ4n) is 4.02. The number of amides is 1. The molecule has 1 aliphatic rings. The molecule has 0 bridgehead atoms. The summed E-state index contributed by atoms with van der Waals surface area (Å²) in [5, 5.41) is 11.7. The van der Waals surface area contributed by atoms with Crippen LogP contribution in [0.4, 0.5) is 0 Å². The third kappa shape index (κ3) is 5.54. The summed E-state index contributed by atoms with van der Waals surface area (Å²) in [4.78, 5) is 29.8. The molecule has 1 aliphatic heterocycles. The number of hydrogen-bond acceptors (Lipinski definition) is 6. The number of ether oxygens (including phenoxy) is 2. The van der Waals surface area contributed by atoms with E-state index < -0.39 is 17.7 Å². The summed E-state index contributed by atoms with van der Waals surface area (Å²) in [7, 11) is 3.90. The van der Waals surface area contributed by atoms with Crippen molar-refractivity contribution in [1.29, 1.82) is 0 Å². The first-order valence-electron chi connectivity index (χ1n) is 11.4. The Morgan fingerprint density at radius 2 is 1.68 bits per heavy atom. The highest BCUT2D eigenvalue weighted by Gasteiger charge is 2.46. The maximum Gasteiger partial charge on any atom is 0.295 e. The van der Waals surface area contributed by atoms with Gasteiger partial charge in [-0.3, -0.25) is 9.59 Å². The van der Waals surface area contributed by atoms with Crippen molar-refractivity contribution in [3.8, 4) is 11.5 Å². The fraction of sp³-hybridized carbons (Fsp3) is 0.385. The quantitative estimate of drug-likeness (QED) is 0.302. The van der Waals surface area contributed by atoms with E-state index in [9.17, 15) is 14.7 Å². The lowest BCUT2D eigenvalue weighted by Crippen LogP contribution is -2.32. The maximum absolute atomic E-state index is 13.2. The van der Waals surface area contributed by atoms with E-state index in [1.807, 2.05) is 32.8 Å². The van der Waals surface area contributed by atoms with E-state index in [0.717, 1.165) is 6.54 Å². The molecule has 1 heterocycles. The van der Waals surface area contributed by atoms with Gasteiger partial charge in [0.05, 0.1) is 24.8 Å². The topological polar surface area (TPSA) is 79.3 Å². The summed E-state index contributed by atoms with van der Waals surface area (Å²) in [5.41, 5.74) is 1.12. The fourth-order valence-corrected chi connectivity index (χ4v) is 4.14. The molecule has 0 aliphatic carbocycles. The summed E-state index contributed by atoms with van der Waals surface area (Å²) in [6, 6.07) is 11.1. The first-order chi connectivity index (χ1) is 16.3. The Morgan fingerprint density at radius 3 is 2.29 bits per heavy atom. The molecule has 1 saturated heterocycles. The summed E-state index contributed by atoms with van der Waals surface area (Å²) >= 11 is 5.99. The smallest absolute Gasteiger partial charge is 0.295 e. The number of halogens is 1. The van der Waals surface area contributed by atoms with Crippen molar-refractivity contribution >= 4 is 29.1 Å². The van der Waals surface area contributed by atoms with E-state index >= 15 is 0 Å². The number of nitrogens with zero attached hydrogens (tertiary/aromatic N) is 2. The number of benzene rings is 2. The van der Waals surface area contributed by atoms with Crippen LogP contribution in [-0.4, -0.2) is 67.0 Å². The minimum Gasteiger partial charge on any atom is -0.507 e. The minimum atomic E-state index is -0.757. The van der Waals surface area contributed by atoms with Crippen LogP contribution in [0.15, 0.2) is 48.0 Å². The molecule has 2 aromatic carbocycles. The zero-order chi connectivity index (χ0) is 24.8. The van der Waals surface area contributed by atoms with Gasteiger partial charge in [-0.1, -0.05) is 17.7 Å². The van der Waals surface area contributed by atoms with Crippen LogP contribution in [-0.2, 0) is 9.59 Å². The van der Waals surface area contributed by atoms with E-state index in [1.165, 1.54) is 4.90 Å². The largest absolute Gasteiger partial charge is 0.507 e. The summed E-state index contributed by atoms with van der Waals surface area (Å²) in [6.07, 6.45) is 0.673. The van der Waals surface area contributed by atoms with E-state index in [0.29, 0.717) is 53.8 Å². The second-order valence-electron chi connectivity index (χ2n) is 8.23. The summed E-state index contributed by atoms with van der Waals surface area (Å²) in [6.45, 7) is 5.77. The van der Waals surface area contributed by atoms with Gasteiger partial charge in [0.15, 0.2) is 11.5 Å². The van der Waals surface area contributed by atoms with Gasteiger partial charge in [0.1, 0.15) is 5.76 Å². The molecule has 182 valence electrons. The highest BCUT2D eigenvalue weighted by Crippen LogP contribution is 2.42. The van der Waals surface area contributed by atoms with Crippen LogP contribution in [0.25, 0.3) is 5.76 Å². The van der Waals surface area contributed by atoms with Gasteiger partial charge >= 0.3 is 0 Å². The third-order valence-corrected chi connectivity index (χ3v) is 5.80. The SMILES string of the molecule is CCOc1ccc([C@@H]2/C(=C(\O)c3ccc(Cl)cc3)C(=O)C(=O)N2CCCN(C)C)cc1OCC. The Labute approximate surface area is 205 Å². The lowest BCUT2D eigenvalue weighted by molar-refractivity contribution is -0.139. The number of aliphatic hydroxyl groups is 1. The van der Waals surface area contributed by atoms with Crippen LogP contribution in [0, 0.1) is 0 Å². The number of ketones is 1. The molecule has 1 N–H and O–H groups in total. The number of aliphatic hydroxyl groups excluding tert-OH is 1.